The Bertz CT molecular complexity index is 310. The summed E-state index contributed by atoms with van der Waals surface area (Å²) in [6, 6.07) is 8.81. The van der Waals surface area contributed by atoms with Gasteiger partial charge in [0.25, 0.3) is 0 Å². The van der Waals surface area contributed by atoms with Gasteiger partial charge >= 0.3 is 0 Å². The van der Waals surface area contributed by atoms with Crippen LogP contribution in [0.15, 0.2) is 24.3 Å². The average molecular weight is 242 g/mol. The maximum Gasteiger partial charge on any atom is 0.0438 e. The van der Waals surface area contributed by atoms with E-state index in [2.05, 4.69) is 11.4 Å². The highest BCUT2D eigenvalue weighted by Crippen LogP contribution is 2.18. The number of hydrogen-bond donors (Lipinski definition) is 1. The van der Waals surface area contributed by atoms with Gasteiger partial charge in [0.15, 0.2) is 0 Å². The third-order valence-electron chi connectivity index (χ3n) is 2.71. The second-order valence-electron chi connectivity index (χ2n) is 3.86. The zero-order valence-electron chi connectivity index (χ0n) is 8.71. The molecule has 3 heteroatoms. The molecule has 0 radical (unpaired) electrons. The Hall–Kier alpha value is -0.180. The number of rotatable bonds is 4. The van der Waals surface area contributed by atoms with E-state index >= 15 is 0 Å². The molecule has 1 aromatic rings. The summed E-state index contributed by atoms with van der Waals surface area (Å²) in [6.07, 6.45) is 2.34. The van der Waals surface area contributed by atoms with E-state index in [1.807, 2.05) is 30.0 Å². The van der Waals surface area contributed by atoms with Crippen molar-refractivity contribution in [3.8, 4) is 0 Å². The van der Waals surface area contributed by atoms with Gasteiger partial charge in [-0.3, -0.25) is 0 Å². The molecule has 1 fully saturated rings. The Labute approximate surface area is 101 Å². The van der Waals surface area contributed by atoms with E-state index in [4.69, 9.17) is 11.6 Å². The van der Waals surface area contributed by atoms with Crippen LogP contribution in [0.1, 0.15) is 12.0 Å². The summed E-state index contributed by atoms with van der Waals surface area (Å²) in [4.78, 5) is 0. The summed E-state index contributed by atoms with van der Waals surface area (Å²) in [5.41, 5.74) is 1.25. The monoisotopic (exact) mass is 241 g/mol. The van der Waals surface area contributed by atoms with Gasteiger partial charge in [0.2, 0.25) is 0 Å². The highest BCUT2D eigenvalue weighted by atomic mass is 35.5. The van der Waals surface area contributed by atoms with Gasteiger partial charge in [0.05, 0.1) is 0 Å². The summed E-state index contributed by atoms with van der Waals surface area (Å²) in [6.45, 7) is 1.04. The van der Waals surface area contributed by atoms with Gasteiger partial charge in [-0.1, -0.05) is 29.8 Å². The highest BCUT2D eigenvalue weighted by molar-refractivity contribution is 7.99. The van der Waals surface area contributed by atoms with E-state index in [0.717, 1.165) is 24.0 Å². The van der Waals surface area contributed by atoms with Gasteiger partial charge in [-0.05, 0) is 36.8 Å². The van der Waals surface area contributed by atoms with E-state index in [1.165, 1.54) is 23.5 Å². The Kier molecular flexibility index (Phi) is 4.36. The van der Waals surface area contributed by atoms with Gasteiger partial charge in [-0.25, -0.2) is 0 Å². The van der Waals surface area contributed by atoms with E-state index in [9.17, 15) is 0 Å². The third kappa shape index (κ3) is 3.40. The van der Waals surface area contributed by atoms with Crippen molar-refractivity contribution >= 4 is 23.4 Å². The Morgan fingerprint density at radius 2 is 2.27 bits per heavy atom. The molecule has 82 valence electrons. The molecule has 15 heavy (non-hydrogen) atoms. The summed E-state index contributed by atoms with van der Waals surface area (Å²) < 4.78 is 0. The molecule has 1 heterocycles. The number of nitrogens with one attached hydrogen (secondary N) is 1. The zero-order chi connectivity index (χ0) is 10.5. The van der Waals surface area contributed by atoms with Crippen LogP contribution in [0.2, 0.25) is 5.02 Å². The van der Waals surface area contributed by atoms with E-state index in [0.29, 0.717) is 0 Å². The first kappa shape index (κ1) is 11.3. The zero-order valence-corrected chi connectivity index (χ0v) is 10.3. The quantitative estimate of drug-likeness (QED) is 0.870. The van der Waals surface area contributed by atoms with Crippen LogP contribution < -0.4 is 5.32 Å². The van der Waals surface area contributed by atoms with Crippen LogP contribution in [0.4, 0.5) is 0 Å². The lowest BCUT2D eigenvalue weighted by atomic mass is 10.1. The van der Waals surface area contributed by atoms with Crippen molar-refractivity contribution in [1.29, 1.82) is 0 Å². The summed E-state index contributed by atoms with van der Waals surface area (Å²) >= 11 is 8.13. The van der Waals surface area contributed by atoms with Gasteiger partial charge in [-0.15, -0.1) is 0 Å². The van der Waals surface area contributed by atoms with Crippen molar-refractivity contribution in [1.82, 2.24) is 5.32 Å². The fourth-order valence-corrected chi connectivity index (χ4v) is 3.22. The largest absolute Gasteiger partial charge is 0.313 e. The number of thioether (sulfide) groups is 1. The van der Waals surface area contributed by atoms with E-state index in [1.54, 1.807) is 0 Å². The van der Waals surface area contributed by atoms with Crippen LogP contribution in [-0.4, -0.2) is 24.1 Å². The SMILES string of the molecule is Clc1ccccc1CCNC1CCSC1. The summed E-state index contributed by atoms with van der Waals surface area (Å²) in [7, 11) is 0. The molecule has 0 spiro atoms. The molecule has 2 rings (SSSR count). The highest BCUT2D eigenvalue weighted by Gasteiger charge is 2.13. The van der Waals surface area contributed by atoms with Gasteiger partial charge in [0.1, 0.15) is 0 Å². The molecule has 1 atom stereocenters. The standard InChI is InChI=1S/C12H16ClNS/c13-12-4-2-1-3-10(12)5-7-14-11-6-8-15-9-11/h1-4,11,14H,5-9H2. The molecule has 1 aliphatic rings. The third-order valence-corrected chi connectivity index (χ3v) is 4.25. The maximum absolute atomic E-state index is 6.09. The lowest BCUT2D eigenvalue weighted by Gasteiger charge is -2.11. The predicted molar refractivity (Wildman–Crippen MR) is 68.9 cm³/mol. The molecule has 1 nitrogen and oxygen atoms in total. The van der Waals surface area contributed by atoms with Crippen molar-refractivity contribution in [2.75, 3.05) is 18.1 Å². The summed E-state index contributed by atoms with van der Waals surface area (Å²) in [5.74, 6) is 2.58. The Morgan fingerprint density at radius 3 is 3.00 bits per heavy atom. The van der Waals surface area contributed by atoms with Crippen molar-refractivity contribution in [3.63, 3.8) is 0 Å². The molecule has 0 aliphatic carbocycles. The minimum atomic E-state index is 0.720. The molecule has 0 aromatic heterocycles. The second kappa shape index (κ2) is 5.78. The number of benzene rings is 1. The summed E-state index contributed by atoms with van der Waals surface area (Å²) in [5, 5.41) is 4.47. The van der Waals surface area contributed by atoms with E-state index in [-0.39, 0.29) is 0 Å². The fraction of sp³-hybridized carbons (Fsp3) is 0.500. The Morgan fingerprint density at radius 1 is 1.40 bits per heavy atom. The van der Waals surface area contributed by atoms with Crippen molar-refractivity contribution in [3.05, 3.63) is 34.9 Å². The van der Waals surface area contributed by atoms with Crippen LogP contribution >= 0.6 is 23.4 Å². The second-order valence-corrected chi connectivity index (χ2v) is 5.41. The van der Waals surface area contributed by atoms with Crippen LogP contribution in [0.25, 0.3) is 0 Å². The van der Waals surface area contributed by atoms with Crippen LogP contribution in [0.3, 0.4) is 0 Å². The smallest absolute Gasteiger partial charge is 0.0438 e. The predicted octanol–water partition coefficient (Wildman–Crippen LogP) is 2.98. The topological polar surface area (TPSA) is 12.0 Å². The fourth-order valence-electron chi connectivity index (χ4n) is 1.81. The number of halogens is 1. The first-order chi connectivity index (χ1) is 7.36. The molecular formula is C12H16ClNS. The van der Waals surface area contributed by atoms with Crippen molar-refractivity contribution in [2.45, 2.75) is 18.9 Å². The van der Waals surface area contributed by atoms with Crippen molar-refractivity contribution < 1.29 is 0 Å². The first-order valence-corrected chi connectivity index (χ1v) is 6.94. The van der Waals surface area contributed by atoms with Crippen molar-refractivity contribution in [2.24, 2.45) is 0 Å². The van der Waals surface area contributed by atoms with Crippen LogP contribution in [-0.2, 0) is 6.42 Å². The number of hydrogen-bond acceptors (Lipinski definition) is 2. The Balaban J connectivity index is 1.75. The van der Waals surface area contributed by atoms with Gasteiger partial charge in [0, 0.05) is 16.8 Å². The molecule has 0 amide bonds. The molecule has 1 unspecified atom stereocenters. The molecule has 0 saturated carbocycles. The lowest BCUT2D eigenvalue weighted by molar-refractivity contribution is 0.560. The van der Waals surface area contributed by atoms with E-state index < -0.39 is 0 Å². The minimum absolute atomic E-state index is 0.720. The van der Waals surface area contributed by atoms with Gasteiger partial charge in [-0.2, -0.15) is 11.8 Å². The first-order valence-electron chi connectivity index (χ1n) is 5.41. The molecular weight excluding hydrogens is 226 g/mol. The van der Waals surface area contributed by atoms with Gasteiger partial charge < -0.3 is 5.32 Å². The molecule has 1 saturated heterocycles. The lowest BCUT2D eigenvalue weighted by Crippen LogP contribution is -2.30. The molecule has 1 aromatic carbocycles. The molecule has 0 bridgehead atoms. The van der Waals surface area contributed by atoms with Crippen LogP contribution in [0, 0.1) is 0 Å². The molecule has 1 N–H and O–H groups in total. The minimum Gasteiger partial charge on any atom is -0.313 e. The maximum atomic E-state index is 6.09. The van der Waals surface area contributed by atoms with Crippen LogP contribution in [0.5, 0.6) is 0 Å². The molecule has 1 aliphatic heterocycles. The normalized spacial score (nSPS) is 20.7. The average Bonchev–Trinajstić information content (AvgIpc) is 2.74.